The van der Waals surface area contributed by atoms with Crippen molar-refractivity contribution in [3.05, 3.63) is 15.5 Å². The molecule has 0 amide bonds. The maximum Gasteiger partial charge on any atom is 0.154 e. The number of hydrogen-bond donors (Lipinski definition) is 10. The van der Waals surface area contributed by atoms with E-state index in [1.54, 1.807) is 27.7 Å². The zero-order chi connectivity index (χ0) is 27.5. The number of rotatable bonds is 7. The van der Waals surface area contributed by atoms with Crippen molar-refractivity contribution in [2.45, 2.75) is 72.1 Å². The Balaban J connectivity index is -0.0000000819. The molecular formula is C16H41N12O4-. The second kappa shape index (κ2) is 18.4. The topological polar surface area (TPSA) is 334 Å². The van der Waals surface area contributed by atoms with Crippen LogP contribution in [0.4, 0.5) is 0 Å². The molecule has 0 unspecified atom stereocenters. The highest BCUT2D eigenvalue weighted by atomic mass is 17.1. The van der Waals surface area contributed by atoms with Crippen LogP contribution in [0.5, 0.6) is 0 Å². The third kappa shape index (κ3) is 21.3. The lowest BCUT2D eigenvalue weighted by Gasteiger charge is -2.20. The third-order valence-electron chi connectivity index (χ3n) is 3.37. The molecule has 0 aliphatic heterocycles. The highest BCUT2D eigenvalue weighted by Gasteiger charge is 2.25. The van der Waals surface area contributed by atoms with E-state index in [2.05, 4.69) is 15.1 Å². The molecule has 14 N–H and O–H groups in total. The average Bonchev–Trinajstić information content (AvgIpc) is 2.70. The van der Waals surface area contributed by atoms with Crippen molar-refractivity contribution in [1.29, 1.82) is 27.2 Å². The molecule has 32 heavy (non-hydrogen) atoms. The molecule has 16 nitrogen and oxygen atoms in total. The summed E-state index contributed by atoms with van der Waals surface area (Å²) in [5.74, 6) is 0.140. The van der Waals surface area contributed by atoms with Crippen molar-refractivity contribution < 1.29 is 11.6 Å². The van der Waals surface area contributed by atoms with Crippen molar-refractivity contribution in [1.82, 2.24) is 0 Å². The minimum Gasteiger partial charge on any atom is -0.715 e. The Bertz CT molecular complexity index is 595. The molecule has 0 atom stereocenters. The van der Waals surface area contributed by atoms with E-state index < -0.39 is 16.7 Å². The molecule has 0 spiro atoms. The average molecular weight is 467 g/mol. The predicted molar refractivity (Wildman–Crippen MR) is 128 cm³/mol. The van der Waals surface area contributed by atoms with Gasteiger partial charge in [-0.15, -0.1) is 0 Å². The molecule has 0 aliphatic rings. The number of hydrogen-bond acceptors (Lipinski definition) is 11. The van der Waals surface area contributed by atoms with E-state index in [-0.39, 0.29) is 30.7 Å². The molecule has 0 aromatic rings. The number of nitrogens with one attached hydrogen (secondary N) is 5. The van der Waals surface area contributed by atoms with Gasteiger partial charge in [-0.3, -0.25) is 26.9 Å². The molecule has 0 aromatic carbocycles. The van der Waals surface area contributed by atoms with Crippen LogP contribution in [0.25, 0.3) is 5.53 Å². The van der Waals surface area contributed by atoms with Gasteiger partial charge in [0.05, 0.1) is 5.84 Å². The Morgan fingerprint density at radius 2 is 1.03 bits per heavy atom. The van der Waals surface area contributed by atoms with Crippen molar-refractivity contribution in [3.8, 4) is 0 Å². The van der Waals surface area contributed by atoms with Crippen LogP contribution in [-0.2, 0) is 4.89 Å². The molecular weight excluding hydrogens is 424 g/mol. The van der Waals surface area contributed by atoms with Crippen molar-refractivity contribution in [2.24, 2.45) is 39.1 Å². The summed E-state index contributed by atoms with van der Waals surface area (Å²) in [7, 11) is 0. The summed E-state index contributed by atoms with van der Waals surface area (Å²) in [6.45, 7) is 13.5. The van der Waals surface area contributed by atoms with Crippen LogP contribution in [0.3, 0.4) is 0 Å². The molecule has 0 radical (unpaired) electrons. The summed E-state index contributed by atoms with van der Waals surface area (Å²) in [6.07, 6.45) is 0. The Kier molecular flexibility index (Phi) is 22.5. The van der Waals surface area contributed by atoms with Gasteiger partial charge in [0, 0.05) is 17.3 Å². The second-order valence-corrected chi connectivity index (χ2v) is 7.77. The molecule has 0 fully saturated rings. The predicted octanol–water partition coefficient (Wildman–Crippen LogP) is 2.54. The first-order valence-corrected chi connectivity index (χ1v) is 8.77. The van der Waals surface area contributed by atoms with E-state index >= 15 is 0 Å². The lowest BCUT2D eigenvalue weighted by atomic mass is 10.1. The van der Waals surface area contributed by atoms with E-state index in [0.29, 0.717) is 0 Å². The maximum atomic E-state index is 8.04. The molecule has 0 saturated heterocycles. The van der Waals surface area contributed by atoms with Gasteiger partial charge < -0.3 is 34.0 Å². The van der Waals surface area contributed by atoms with Gasteiger partial charge >= 0.3 is 0 Å². The highest BCUT2D eigenvalue weighted by Crippen LogP contribution is 2.15. The van der Waals surface area contributed by atoms with Gasteiger partial charge in [-0.1, -0.05) is 13.8 Å². The molecule has 0 saturated carbocycles. The van der Waals surface area contributed by atoms with Crippen LogP contribution in [-0.4, -0.2) is 45.3 Å². The van der Waals surface area contributed by atoms with Crippen LogP contribution in [0.1, 0.15) is 56.8 Å². The van der Waals surface area contributed by atoms with Gasteiger partial charge in [0.15, 0.2) is 5.60 Å². The third-order valence-corrected chi connectivity index (χ3v) is 3.37. The standard InChI is InChI=1S/C8H18N6.C4H10N2O2.C4H10N2.HN2.O2.H2/c1-7(2,5(9)10)13-14-8(3,4)6(11)12;1-4(2,8-7)3(5)6;1-3(2)4(5)6;2*1-2;/h1-4H3,(H3,9,10)(H3,11,12);7H,1-2H3,(H3,5,6);3H,1-2H3,(H3,5,6);1H;;1H/q;;;-1;;/i;;;;;1+1. The fourth-order valence-corrected chi connectivity index (χ4v) is 0.407. The summed E-state index contributed by atoms with van der Waals surface area (Å²) in [5, 5.41) is 43.9. The normalized spacial score (nSPS) is 10.6. The van der Waals surface area contributed by atoms with E-state index in [4.69, 9.17) is 70.8 Å². The Labute approximate surface area is 189 Å². The minimum absolute atomic E-state index is 0. The van der Waals surface area contributed by atoms with E-state index in [9.17, 15) is 0 Å². The van der Waals surface area contributed by atoms with Crippen LogP contribution < -0.4 is 22.9 Å². The Morgan fingerprint density at radius 1 is 0.812 bits per heavy atom. The SMILES string of the molecule is CC(C)(N=NC(C)(C)C(=N)N)C(=N)N.CC(C)(OO)C(=N)N.CC(C)C(=N)N.O=O.[2HH].[N-]=N. The van der Waals surface area contributed by atoms with E-state index in [0.717, 1.165) is 0 Å². The first kappa shape index (κ1) is 39.1. The van der Waals surface area contributed by atoms with Crippen molar-refractivity contribution in [3.63, 3.8) is 0 Å². The van der Waals surface area contributed by atoms with Gasteiger partial charge in [0.1, 0.15) is 28.6 Å². The quantitative estimate of drug-likeness (QED) is 0.0870. The number of nitrogens with zero attached hydrogens (tertiary/aromatic N) is 3. The number of nitrogens with two attached hydrogens (primary N) is 4. The largest absolute Gasteiger partial charge is 0.715 e. The van der Waals surface area contributed by atoms with Gasteiger partial charge in [-0.25, -0.2) is 4.89 Å². The van der Waals surface area contributed by atoms with Gasteiger partial charge in [0.2, 0.25) is 0 Å². The van der Waals surface area contributed by atoms with E-state index in [1.165, 1.54) is 13.8 Å². The Morgan fingerprint density at radius 3 is 1.09 bits per heavy atom. The molecule has 0 rings (SSSR count). The fraction of sp³-hybridized carbons (Fsp3) is 0.750. The molecule has 0 aliphatic carbocycles. The molecule has 0 heterocycles. The summed E-state index contributed by atoms with van der Waals surface area (Å²) in [6, 6.07) is 0. The van der Waals surface area contributed by atoms with Crippen LogP contribution in [0.2, 0.25) is 0 Å². The first-order valence-electron chi connectivity index (χ1n) is 8.77. The van der Waals surface area contributed by atoms with Crippen molar-refractivity contribution >= 4 is 23.3 Å². The molecule has 16 heteroatoms. The molecule has 0 aromatic heterocycles. The van der Waals surface area contributed by atoms with Gasteiger partial charge in [0.25, 0.3) is 0 Å². The smallest absolute Gasteiger partial charge is 0.154 e. The monoisotopic (exact) mass is 466 g/mol. The Hall–Kier alpha value is -3.40. The highest BCUT2D eigenvalue weighted by molar-refractivity contribution is 5.87. The lowest BCUT2D eigenvalue weighted by molar-refractivity contribution is -0.290. The summed E-state index contributed by atoms with van der Waals surface area (Å²) < 4.78 is 0. The maximum absolute atomic E-state index is 8.04. The molecule has 0 bridgehead atoms. The van der Waals surface area contributed by atoms with Crippen LogP contribution in [0, 0.1) is 43.0 Å². The zero-order valence-corrected chi connectivity index (χ0v) is 19.9. The number of azo groups is 1. The van der Waals surface area contributed by atoms with Gasteiger partial charge in [-0.2, -0.15) is 10.2 Å². The van der Waals surface area contributed by atoms with Gasteiger partial charge in [-0.05, 0) is 41.5 Å². The minimum atomic E-state index is -1.04. The van der Waals surface area contributed by atoms with E-state index in [1.807, 2.05) is 13.8 Å². The first-order chi connectivity index (χ1) is 14.2. The van der Waals surface area contributed by atoms with Crippen LogP contribution in [0.15, 0.2) is 10.2 Å². The lowest BCUT2D eigenvalue weighted by Crippen LogP contribution is -2.39. The second-order valence-electron chi connectivity index (χ2n) is 7.77. The molecule has 190 valence electrons. The van der Waals surface area contributed by atoms with Crippen LogP contribution >= 0.6 is 0 Å². The summed E-state index contributed by atoms with van der Waals surface area (Å²) in [5.41, 5.74) is 28.9. The van der Waals surface area contributed by atoms with Crippen molar-refractivity contribution in [2.75, 3.05) is 0 Å². The zero-order valence-electron chi connectivity index (χ0n) is 19.9. The summed E-state index contributed by atoms with van der Waals surface area (Å²) >= 11 is 0. The fourth-order valence-electron chi connectivity index (χ4n) is 0.407. The summed E-state index contributed by atoms with van der Waals surface area (Å²) in [4.78, 5) is 17.8. The number of amidine groups is 4.